The summed E-state index contributed by atoms with van der Waals surface area (Å²) >= 11 is 0. The molecule has 0 aromatic heterocycles. The summed E-state index contributed by atoms with van der Waals surface area (Å²) in [6.07, 6.45) is 3.93. The van der Waals surface area contributed by atoms with Crippen molar-refractivity contribution >= 4 is 0 Å². The van der Waals surface area contributed by atoms with E-state index < -0.39 is 0 Å². The summed E-state index contributed by atoms with van der Waals surface area (Å²) in [6.45, 7) is 10.3. The van der Waals surface area contributed by atoms with Crippen molar-refractivity contribution in [3.63, 3.8) is 0 Å². The molecule has 0 spiro atoms. The Bertz CT molecular complexity index is 481. The van der Waals surface area contributed by atoms with Crippen molar-refractivity contribution in [1.29, 1.82) is 0 Å². The van der Waals surface area contributed by atoms with Crippen LogP contribution in [0.4, 0.5) is 0 Å². The molecule has 0 N–H and O–H groups in total. The van der Waals surface area contributed by atoms with Crippen molar-refractivity contribution in [2.24, 2.45) is 0 Å². The van der Waals surface area contributed by atoms with Crippen LogP contribution in [0.5, 0.6) is 0 Å². The molecule has 0 amide bonds. The minimum Gasteiger partial charge on any atom is -0.286 e. The van der Waals surface area contributed by atoms with Crippen LogP contribution in [0.15, 0.2) is 36.4 Å². The molecule has 0 radical (unpaired) electrons. The van der Waals surface area contributed by atoms with Gasteiger partial charge in [0.1, 0.15) is 0 Å². The number of nitrogens with zero attached hydrogens (tertiary/aromatic N) is 1. The van der Waals surface area contributed by atoms with Gasteiger partial charge in [-0.1, -0.05) is 54.7 Å². The monoisotopic (exact) mass is 253 g/mol. The number of aryl methyl sites for hydroxylation is 1. The summed E-state index contributed by atoms with van der Waals surface area (Å²) in [6, 6.07) is 8.99. The Morgan fingerprint density at radius 3 is 2.37 bits per heavy atom. The predicted molar refractivity (Wildman–Crippen MR) is 81.9 cm³/mol. The van der Waals surface area contributed by atoms with Gasteiger partial charge in [-0.15, -0.1) is 0 Å². The first-order valence-electron chi connectivity index (χ1n) is 7.14. The molecule has 1 heterocycles. The zero-order valence-corrected chi connectivity index (χ0v) is 12.1. The van der Waals surface area contributed by atoms with Gasteiger partial charge in [0, 0.05) is 0 Å². The van der Waals surface area contributed by atoms with E-state index in [-0.39, 0.29) is 6.04 Å². The van der Waals surface area contributed by atoms with Gasteiger partial charge in [-0.25, -0.2) is 0 Å². The van der Waals surface area contributed by atoms with E-state index in [9.17, 15) is 0 Å². The van der Waals surface area contributed by atoms with Gasteiger partial charge in [0.15, 0.2) is 0 Å². The van der Waals surface area contributed by atoms with Crippen molar-refractivity contribution < 1.29 is 0 Å². The average Bonchev–Trinajstić information content (AvgIpc) is 2.42. The molecule has 0 saturated carbocycles. The zero-order valence-electron chi connectivity index (χ0n) is 12.1. The summed E-state index contributed by atoms with van der Waals surface area (Å²) in [5.74, 6) is 6.57. The molecule has 1 nitrogen and oxygen atoms in total. The van der Waals surface area contributed by atoms with Crippen LogP contribution in [0.2, 0.25) is 0 Å². The Morgan fingerprint density at radius 1 is 1.16 bits per heavy atom. The van der Waals surface area contributed by atoms with Gasteiger partial charge < -0.3 is 0 Å². The molecule has 100 valence electrons. The number of rotatable bonds is 2. The van der Waals surface area contributed by atoms with Gasteiger partial charge >= 0.3 is 0 Å². The predicted octanol–water partition coefficient (Wildman–Crippen LogP) is 4.10. The molecule has 19 heavy (non-hydrogen) atoms. The van der Waals surface area contributed by atoms with Gasteiger partial charge in [0.2, 0.25) is 0 Å². The molecule has 1 heteroatoms. The fourth-order valence-corrected chi connectivity index (χ4v) is 2.50. The first-order valence-corrected chi connectivity index (χ1v) is 7.14. The lowest BCUT2D eigenvalue weighted by molar-refractivity contribution is 0.197. The highest BCUT2D eigenvalue weighted by atomic mass is 15.2. The van der Waals surface area contributed by atoms with E-state index in [4.69, 9.17) is 0 Å². The lowest BCUT2D eigenvalue weighted by Gasteiger charge is -2.31. The van der Waals surface area contributed by atoms with Gasteiger partial charge in [-0.05, 0) is 50.9 Å². The van der Waals surface area contributed by atoms with Gasteiger partial charge in [0.05, 0.1) is 6.04 Å². The molecule has 0 bridgehead atoms. The average molecular weight is 253 g/mol. The number of allylic oxidation sites excluding steroid dienone is 1. The van der Waals surface area contributed by atoms with Crippen LogP contribution in [-0.2, 0) is 0 Å². The summed E-state index contributed by atoms with van der Waals surface area (Å²) in [7, 11) is 0. The second kappa shape index (κ2) is 6.59. The third-order valence-electron chi connectivity index (χ3n) is 3.57. The Hall–Kier alpha value is -1.52. The van der Waals surface area contributed by atoms with Crippen molar-refractivity contribution in [1.82, 2.24) is 4.90 Å². The number of likely N-dealkylation sites (tertiary alicyclic amines) is 1. The van der Waals surface area contributed by atoms with E-state index in [1.165, 1.54) is 30.4 Å². The Balaban J connectivity index is 2.25. The van der Waals surface area contributed by atoms with Crippen LogP contribution in [0.1, 0.15) is 43.4 Å². The quantitative estimate of drug-likeness (QED) is 0.717. The van der Waals surface area contributed by atoms with Crippen molar-refractivity contribution in [3.8, 4) is 11.8 Å². The fourth-order valence-electron chi connectivity index (χ4n) is 2.50. The highest BCUT2D eigenvalue weighted by molar-refractivity contribution is 5.34. The third kappa shape index (κ3) is 3.98. The lowest BCUT2D eigenvalue weighted by atomic mass is 10.0. The normalized spacial score (nSPS) is 17.4. The van der Waals surface area contributed by atoms with Crippen LogP contribution < -0.4 is 0 Å². The van der Waals surface area contributed by atoms with Crippen LogP contribution in [0.3, 0.4) is 0 Å². The first kappa shape index (κ1) is 13.9. The third-order valence-corrected chi connectivity index (χ3v) is 3.57. The Morgan fingerprint density at radius 2 is 1.79 bits per heavy atom. The smallest absolute Gasteiger partial charge is 0.0974 e. The molecule has 1 aliphatic heterocycles. The van der Waals surface area contributed by atoms with E-state index in [0.29, 0.717) is 0 Å². The van der Waals surface area contributed by atoms with Crippen LogP contribution in [0, 0.1) is 18.8 Å². The number of hydrogen-bond donors (Lipinski definition) is 0. The van der Waals surface area contributed by atoms with Gasteiger partial charge in [-0.2, -0.15) is 0 Å². The van der Waals surface area contributed by atoms with E-state index in [0.717, 1.165) is 18.7 Å². The van der Waals surface area contributed by atoms with Gasteiger partial charge in [0.25, 0.3) is 0 Å². The van der Waals surface area contributed by atoms with E-state index in [1.54, 1.807) is 0 Å². The molecule has 2 rings (SSSR count). The highest BCUT2D eigenvalue weighted by Gasteiger charge is 2.20. The zero-order chi connectivity index (χ0) is 13.7. The maximum atomic E-state index is 3.89. The molecule has 1 aliphatic rings. The minimum absolute atomic E-state index is 0.220. The second-order valence-electron chi connectivity index (χ2n) is 5.46. The van der Waals surface area contributed by atoms with Crippen molar-refractivity contribution in [2.75, 3.05) is 13.1 Å². The maximum absolute atomic E-state index is 3.89. The molecule has 1 aromatic rings. The molecule has 1 unspecified atom stereocenters. The van der Waals surface area contributed by atoms with E-state index in [2.05, 4.69) is 54.5 Å². The molecule has 1 fully saturated rings. The van der Waals surface area contributed by atoms with Crippen LogP contribution in [0.25, 0.3) is 0 Å². The Labute approximate surface area is 117 Å². The molecule has 0 aliphatic carbocycles. The van der Waals surface area contributed by atoms with Crippen molar-refractivity contribution in [3.05, 3.63) is 47.5 Å². The highest BCUT2D eigenvalue weighted by Crippen LogP contribution is 2.24. The maximum Gasteiger partial charge on any atom is 0.0974 e. The van der Waals surface area contributed by atoms with Crippen molar-refractivity contribution in [2.45, 2.75) is 39.2 Å². The summed E-state index contributed by atoms with van der Waals surface area (Å²) in [4.78, 5) is 2.50. The van der Waals surface area contributed by atoms with Gasteiger partial charge in [-0.3, -0.25) is 4.90 Å². The topological polar surface area (TPSA) is 3.24 Å². The summed E-state index contributed by atoms with van der Waals surface area (Å²) in [5.41, 5.74) is 3.55. The number of hydrogen-bond acceptors (Lipinski definition) is 1. The molecule has 1 atom stereocenters. The second-order valence-corrected chi connectivity index (χ2v) is 5.46. The minimum atomic E-state index is 0.220. The fraction of sp³-hybridized carbons (Fsp3) is 0.444. The first-order chi connectivity index (χ1) is 9.16. The van der Waals surface area contributed by atoms with Crippen LogP contribution in [-0.4, -0.2) is 18.0 Å². The van der Waals surface area contributed by atoms with Crippen LogP contribution >= 0.6 is 0 Å². The Kier molecular flexibility index (Phi) is 4.82. The molecular weight excluding hydrogens is 230 g/mol. The molecular formula is C18H23N. The standard InChI is InChI=1S/C18H23N/c1-15(2)7-12-18(19-13-5-4-6-14-19)17-10-8-16(3)9-11-17/h8-11,18H,1,4-6,13-14H2,2-3H3. The lowest BCUT2D eigenvalue weighted by Crippen LogP contribution is -2.33. The number of benzene rings is 1. The largest absolute Gasteiger partial charge is 0.286 e. The summed E-state index contributed by atoms with van der Waals surface area (Å²) < 4.78 is 0. The van der Waals surface area contributed by atoms with E-state index in [1.807, 2.05) is 6.92 Å². The summed E-state index contributed by atoms with van der Waals surface area (Å²) in [5, 5.41) is 0. The SMILES string of the molecule is C=C(C)C#CC(c1ccc(C)cc1)N1CCCCC1. The molecule has 1 saturated heterocycles. The number of piperidine rings is 1. The molecule has 1 aromatic carbocycles. The van der Waals surface area contributed by atoms with E-state index >= 15 is 0 Å².